The van der Waals surface area contributed by atoms with Gasteiger partial charge in [-0.15, -0.1) is 0 Å². The molecule has 0 aliphatic carbocycles. The fraction of sp³-hybridized carbons (Fsp3) is 0.600. The second-order valence-electron chi connectivity index (χ2n) is 5.47. The fourth-order valence-electron chi connectivity index (χ4n) is 2.95. The van der Waals surface area contributed by atoms with Crippen LogP contribution in [-0.4, -0.2) is 36.7 Å². The SMILES string of the molecule is CC1CCC(N2CCOc3ccccc3C2)CN1. The number of para-hydroxylation sites is 1. The molecule has 98 valence electrons. The van der Waals surface area contributed by atoms with Crippen LogP contribution in [0, 0.1) is 0 Å². The lowest BCUT2D eigenvalue weighted by molar-refractivity contribution is 0.136. The van der Waals surface area contributed by atoms with Crippen molar-refractivity contribution in [3.63, 3.8) is 0 Å². The van der Waals surface area contributed by atoms with Crippen LogP contribution in [0.2, 0.25) is 0 Å². The van der Waals surface area contributed by atoms with E-state index in [2.05, 4.69) is 41.4 Å². The summed E-state index contributed by atoms with van der Waals surface area (Å²) >= 11 is 0. The minimum Gasteiger partial charge on any atom is -0.492 e. The zero-order chi connectivity index (χ0) is 12.4. The van der Waals surface area contributed by atoms with E-state index in [1.54, 1.807) is 0 Å². The molecule has 0 bridgehead atoms. The fourth-order valence-corrected chi connectivity index (χ4v) is 2.95. The van der Waals surface area contributed by atoms with Crippen molar-refractivity contribution in [2.24, 2.45) is 0 Å². The number of nitrogens with zero attached hydrogens (tertiary/aromatic N) is 1. The van der Waals surface area contributed by atoms with Crippen LogP contribution in [0.5, 0.6) is 5.75 Å². The van der Waals surface area contributed by atoms with Crippen molar-refractivity contribution in [2.45, 2.75) is 38.4 Å². The monoisotopic (exact) mass is 246 g/mol. The second-order valence-corrected chi connectivity index (χ2v) is 5.47. The van der Waals surface area contributed by atoms with Gasteiger partial charge < -0.3 is 10.1 Å². The van der Waals surface area contributed by atoms with Crippen LogP contribution in [0.4, 0.5) is 0 Å². The topological polar surface area (TPSA) is 24.5 Å². The predicted molar refractivity (Wildman–Crippen MR) is 72.8 cm³/mol. The Morgan fingerprint density at radius 3 is 3.00 bits per heavy atom. The highest BCUT2D eigenvalue weighted by atomic mass is 16.5. The lowest BCUT2D eigenvalue weighted by Gasteiger charge is -2.35. The van der Waals surface area contributed by atoms with Gasteiger partial charge in [0.2, 0.25) is 0 Å². The molecule has 1 saturated heterocycles. The average molecular weight is 246 g/mol. The van der Waals surface area contributed by atoms with E-state index in [9.17, 15) is 0 Å². The first-order valence-corrected chi connectivity index (χ1v) is 7.01. The number of rotatable bonds is 1. The highest BCUT2D eigenvalue weighted by molar-refractivity contribution is 5.33. The molecular formula is C15H22N2O. The number of hydrogen-bond donors (Lipinski definition) is 1. The van der Waals surface area contributed by atoms with E-state index < -0.39 is 0 Å². The first-order valence-electron chi connectivity index (χ1n) is 7.01. The molecule has 18 heavy (non-hydrogen) atoms. The first-order chi connectivity index (χ1) is 8.83. The molecule has 2 aliphatic heterocycles. The molecule has 0 amide bonds. The van der Waals surface area contributed by atoms with Crippen LogP contribution in [0.1, 0.15) is 25.3 Å². The van der Waals surface area contributed by atoms with Gasteiger partial charge in [-0.25, -0.2) is 0 Å². The third kappa shape index (κ3) is 2.52. The number of nitrogens with one attached hydrogen (secondary N) is 1. The third-order valence-corrected chi connectivity index (χ3v) is 4.13. The normalized spacial score (nSPS) is 29.2. The van der Waals surface area contributed by atoms with Crippen molar-refractivity contribution in [3.05, 3.63) is 29.8 Å². The van der Waals surface area contributed by atoms with Gasteiger partial charge in [-0.05, 0) is 25.8 Å². The predicted octanol–water partition coefficient (Wildman–Crippen LogP) is 2.02. The first kappa shape index (κ1) is 12.0. The van der Waals surface area contributed by atoms with Gasteiger partial charge in [-0.1, -0.05) is 18.2 Å². The largest absolute Gasteiger partial charge is 0.492 e. The Morgan fingerprint density at radius 1 is 1.28 bits per heavy atom. The maximum absolute atomic E-state index is 5.83. The Hall–Kier alpha value is -1.06. The Kier molecular flexibility index (Phi) is 3.52. The van der Waals surface area contributed by atoms with Gasteiger partial charge >= 0.3 is 0 Å². The molecule has 0 saturated carbocycles. The second kappa shape index (κ2) is 5.29. The molecule has 0 radical (unpaired) electrons. The van der Waals surface area contributed by atoms with Crippen LogP contribution in [0.25, 0.3) is 0 Å². The minimum atomic E-state index is 0.663. The maximum atomic E-state index is 5.83. The summed E-state index contributed by atoms with van der Waals surface area (Å²) in [7, 11) is 0. The van der Waals surface area contributed by atoms with Crippen molar-refractivity contribution in [1.82, 2.24) is 10.2 Å². The van der Waals surface area contributed by atoms with Gasteiger partial charge in [-0.2, -0.15) is 0 Å². The molecule has 2 heterocycles. The number of hydrogen-bond acceptors (Lipinski definition) is 3. The quantitative estimate of drug-likeness (QED) is 0.820. The minimum absolute atomic E-state index is 0.663. The molecule has 1 aromatic rings. The van der Waals surface area contributed by atoms with Crippen molar-refractivity contribution in [1.29, 1.82) is 0 Å². The highest BCUT2D eigenvalue weighted by Gasteiger charge is 2.25. The van der Waals surface area contributed by atoms with E-state index >= 15 is 0 Å². The molecule has 2 atom stereocenters. The number of piperidine rings is 1. The maximum Gasteiger partial charge on any atom is 0.123 e. The summed E-state index contributed by atoms with van der Waals surface area (Å²) in [4.78, 5) is 2.57. The van der Waals surface area contributed by atoms with E-state index in [0.717, 1.165) is 32.0 Å². The van der Waals surface area contributed by atoms with Crippen LogP contribution >= 0.6 is 0 Å². The molecule has 1 fully saturated rings. The van der Waals surface area contributed by atoms with Crippen molar-refractivity contribution in [2.75, 3.05) is 19.7 Å². The molecule has 1 N–H and O–H groups in total. The van der Waals surface area contributed by atoms with Gasteiger partial charge in [0.15, 0.2) is 0 Å². The van der Waals surface area contributed by atoms with Crippen LogP contribution in [-0.2, 0) is 6.54 Å². The van der Waals surface area contributed by atoms with Crippen molar-refractivity contribution in [3.8, 4) is 5.75 Å². The Bertz CT molecular complexity index is 399. The van der Waals surface area contributed by atoms with Gasteiger partial charge in [0.1, 0.15) is 12.4 Å². The van der Waals surface area contributed by atoms with Gasteiger partial charge in [0.25, 0.3) is 0 Å². The molecule has 3 rings (SSSR count). The zero-order valence-electron chi connectivity index (χ0n) is 11.1. The Labute approximate surface area is 109 Å². The molecule has 2 aliphatic rings. The van der Waals surface area contributed by atoms with E-state index in [-0.39, 0.29) is 0 Å². The Balaban J connectivity index is 1.71. The van der Waals surface area contributed by atoms with Gasteiger partial charge in [-0.3, -0.25) is 4.90 Å². The molecule has 0 aromatic heterocycles. The number of ether oxygens (including phenoxy) is 1. The summed E-state index contributed by atoms with van der Waals surface area (Å²) in [6, 6.07) is 9.77. The van der Waals surface area contributed by atoms with Crippen LogP contribution in [0.3, 0.4) is 0 Å². The summed E-state index contributed by atoms with van der Waals surface area (Å²) in [5.74, 6) is 1.07. The van der Waals surface area contributed by atoms with Gasteiger partial charge in [0.05, 0.1) is 0 Å². The molecular weight excluding hydrogens is 224 g/mol. The van der Waals surface area contributed by atoms with Crippen LogP contribution < -0.4 is 10.1 Å². The summed E-state index contributed by atoms with van der Waals surface area (Å²) in [6.07, 6.45) is 2.58. The molecule has 1 aromatic carbocycles. The molecule has 3 heteroatoms. The van der Waals surface area contributed by atoms with Gasteiger partial charge in [0, 0.05) is 37.3 Å². The summed E-state index contributed by atoms with van der Waals surface area (Å²) < 4.78 is 5.83. The lowest BCUT2D eigenvalue weighted by atomic mass is 10.00. The molecule has 0 spiro atoms. The van der Waals surface area contributed by atoms with E-state index in [0.29, 0.717) is 12.1 Å². The van der Waals surface area contributed by atoms with Crippen molar-refractivity contribution >= 4 is 0 Å². The summed E-state index contributed by atoms with van der Waals surface area (Å²) in [5, 5.41) is 3.59. The smallest absolute Gasteiger partial charge is 0.123 e. The van der Waals surface area contributed by atoms with Crippen molar-refractivity contribution < 1.29 is 4.74 Å². The number of fused-ring (bicyclic) bond motifs is 1. The molecule has 2 unspecified atom stereocenters. The molecule has 3 nitrogen and oxygen atoms in total. The zero-order valence-corrected chi connectivity index (χ0v) is 11.1. The van der Waals surface area contributed by atoms with Crippen LogP contribution in [0.15, 0.2) is 24.3 Å². The Morgan fingerprint density at radius 2 is 2.17 bits per heavy atom. The third-order valence-electron chi connectivity index (χ3n) is 4.13. The summed E-state index contributed by atoms with van der Waals surface area (Å²) in [5.41, 5.74) is 1.33. The average Bonchev–Trinajstić information content (AvgIpc) is 2.61. The van der Waals surface area contributed by atoms with E-state index in [1.165, 1.54) is 18.4 Å². The lowest BCUT2D eigenvalue weighted by Crippen LogP contribution is -2.49. The van der Waals surface area contributed by atoms with E-state index in [4.69, 9.17) is 4.74 Å². The van der Waals surface area contributed by atoms with E-state index in [1.807, 2.05) is 0 Å². The summed E-state index contributed by atoms with van der Waals surface area (Å²) in [6.45, 7) is 6.26. The highest BCUT2D eigenvalue weighted by Crippen LogP contribution is 2.25. The standard InChI is InChI=1S/C15H22N2O/c1-12-6-7-14(10-16-12)17-8-9-18-15-5-3-2-4-13(15)11-17/h2-5,12,14,16H,6-11H2,1H3. The number of benzene rings is 1.